The summed E-state index contributed by atoms with van der Waals surface area (Å²) in [5.41, 5.74) is 1.75. The number of carbonyl (C=O) groups is 2. The lowest BCUT2D eigenvalue weighted by Gasteiger charge is -2.27. The van der Waals surface area contributed by atoms with Gasteiger partial charge in [0.1, 0.15) is 5.75 Å². The van der Waals surface area contributed by atoms with Crippen LogP contribution in [0.25, 0.3) is 0 Å². The number of hydrogen-bond donors (Lipinski definition) is 1. The fourth-order valence-electron chi connectivity index (χ4n) is 2.65. The predicted molar refractivity (Wildman–Crippen MR) is 90.6 cm³/mol. The lowest BCUT2D eigenvalue weighted by Crippen LogP contribution is -2.40. The normalized spacial score (nSPS) is 13.1. The van der Waals surface area contributed by atoms with Gasteiger partial charge >= 0.3 is 12.0 Å². The van der Waals surface area contributed by atoms with Crippen LogP contribution in [0.5, 0.6) is 5.75 Å². The van der Waals surface area contributed by atoms with Crippen LogP contribution in [-0.2, 0) is 17.8 Å². The number of nitrogens with zero attached hydrogens (tertiary/aromatic N) is 3. The van der Waals surface area contributed by atoms with Crippen molar-refractivity contribution in [3.63, 3.8) is 0 Å². The van der Waals surface area contributed by atoms with Crippen molar-refractivity contribution in [2.75, 3.05) is 25.6 Å². The number of anilines is 1. The lowest BCUT2D eigenvalue weighted by molar-refractivity contribution is 0.0592. The first-order valence-corrected chi connectivity index (χ1v) is 8.04. The van der Waals surface area contributed by atoms with Crippen LogP contribution in [0, 0.1) is 0 Å². The van der Waals surface area contributed by atoms with Crippen molar-refractivity contribution in [1.29, 1.82) is 0 Å². The minimum Gasteiger partial charge on any atom is -0.494 e. The molecule has 2 heterocycles. The number of esters is 1. The number of fused-ring (bicyclic) bond motifs is 1. The number of urea groups is 1. The third-order valence-corrected chi connectivity index (χ3v) is 3.90. The molecule has 0 spiro atoms. The smallest absolute Gasteiger partial charge is 0.358 e. The van der Waals surface area contributed by atoms with Gasteiger partial charge in [0.2, 0.25) is 0 Å². The Bertz CT molecular complexity index is 769. The van der Waals surface area contributed by atoms with Crippen LogP contribution >= 0.6 is 0 Å². The highest BCUT2D eigenvalue weighted by atomic mass is 16.5. The van der Waals surface area contributed by atoms with Gasteiger partial charge in [-0.3, -0.25) is 4.68 Å². The number of amides is 2. The molecule has 0 atom stereocenters. The molecule has 1 aromatic carbocycles. The van der Waals surface area contributed by atoms with Crippen LogP contribution in [0.4, 0.5) is 10.5 Å². The molecule has 1 aromatic heterocycles. The summed E-state index contributed by atoms with van der Waals surface area (Å²) in [4.78, 5) is 25.7. The summed E-state index contributed by atoms with van der Waals surface area (Å²) >= 11 is 0. The van der Waals surface area contributed by atoms with Gasteiger partial charge in [-0.15, -0.1) is 0 Å². The van der Waals surface area contributed by atoms with Crippen molar-refractivity contribution in [3.8, 4) is 5.75 Å². The van der Waals surface area contributed by atoms with Gasteiger partial charge in [-0.05, 0) is 37.3 Å². The van der Waals surface area contributed by atoms with Crippen molar-refractivity contribution >= 4 is 17.7 Å². The van der Waals surface area contributed by atoms with Crippen molar-refractivity contribution in [1.82, 2.24) is 14.7 Å². The van der Waals surface area contributed by atoms with Gasteiger partial charge in [-0.1, -0.05) is 0 Å². The first-order chi connectivity index (χ1) is 12.1. The first-order valence-electron chi connectivity index (χ1n) is 8.04. The standard InChI is InChI=1S/C17H20N4O4/c1-3-25-14-6-4-12(5-7-14)18-17(23)20-8-9-21-13(11-20)10-15(19-21)16(22)24-2/h4-7,10H,3,8-9,11H2,1-2H3,(H,18,23). The summed E-state index contributed by atoms with van der Waals surface area (Å²) in [6, 6.07) is 8.68. The molecule has 0 saturated carbocycles. The van der Waals surface area contributed by atoms with Crippen LogP contribution in [-0.4, -0.2) is 46.9 Å². The third kappa shape index (κ3) is 3.73. The molecule has 2 amide bonds. The molecule has 0 saturated heterocycles. The second kappa shape index (κ2) is 7.25. The summed E-state index contributed by atoms with van der Waals surface area (Å²) in [6.45, 7) is 3.94. The van der Waals surface area contributed by atoms with Crippen LogP contribution in [0.2, 0.25) is 0 Å². The molecule has 8 nitrogen and oxygen atoms in total. The summed E-state index contributed by atoms with van der Waals surface area (Å²) in [5.74, 6) is 0.282. The highest BCUT2D eigenvalue weighted by molar-refractivity contribution is 5.89. The van der Waals surface area contributed by atoms with E-state index in [9.17, 15) is 9.59 Å². The maximum atomic E-state index is 12.4. The molecular weight excluding hydrogens is 324 g/mol. The molecule has 2 aromatic rings. The van der Waals surface area contributed by atoms with Crippen molar-refractivity contribution in [3.05, 3.63) is 41.7 Å². The summed E-state index contributed by atoms with van der Waals surface area (Å²) in [7, 11) is 1.32. The Hall–Kier alpha value is -3.03. The minimum atomic E-state index is -0.479. The van der Waals surface area contributed by atoms with Crippen molar-refractivity contribution in [2.45, 2.75) is 20.0 Å². The summed E-state index contributed by atoms with van der Waals surface area (Å²) < 4.78 is 11.8. The van der Waals surface area contributed by atoms with Gasteiger partial charge in [0.05, 0.1) is 32.5 Å². The molecule has 25 heavy (non-hydrogen) atoms. The topological polar surface area (TPSA) is 85.7 Å². The maximum Gasteiger partial charge on any atom is 0.358 e. The molecule has 0 aliphatic carbocycles. The van der Waals surface area contributed by atoms with E-state index >= 15 is 0 Å². The molecule has 0 radical (unpaired) electrons. The minimum absolute atomic E-state index is 0.198. The van der Waals surface area contributed by atoms with E-state index < -0.39 is 5.97 Å². The van der Waals surface area contributed by atoms with E-state index in [0.717, 1.165) is 11.4 Å². The van der Waals surface area contributed by atoms with E-state index in [0.29, 0.717) is 31.9 Å². The van der Waals surface area contributed by atoms with E-state index in [2.05, 4.69) is 15.2 Å². The fourth-order valence-corrected chi connectivity index (χ4v) is 2.65. The Morgan fingerprint density at radius 1 is 1.24 bits per heavy atom. The van der Waals surface area contributed by atoms with Crippen LogP contribution in [0.3, 0.4) is 0 Å². The second-order valence-electron chi connectivity index (χ2n) is 5.54. The fraction of sp³-hybridized carbons (Fsp3) is 0.353. The van der Waals surface area contributed by atoms with Crippen molar-refractivity contribution < 1.29 is 19.1 Å². The number of rotatable bonds is 4. The van der Waals surface area contributed by atoms with E-state index in [1.54, 1.807) is 27.8 Å². The molecule has 1 aliphatic heterocycles. The third-order valence-electron chi connectivity index (χ3n) is 3.90. The highest BCUT2D eigenvalue weighted by Crippen LogP contribution is 2.18. The Kier molecular flexibility index (Phi) is 4.87. The van der Waals surface area contributed by atoms with Gasteiger partial charge < -0.3 is 19.7 Å². The largest absolute Gasteiger partial charge is 0.494 e. The molecule has 1 N–H and O–H groups in total. The Labute approximate surface area is 145 Å². The second-order valence-corrected chi connectivity index (χ2v) is 5.54. The lowest BCUT2D eigenvalue weighted by atomic mass is 10.3. The molecule has 0 unspecified atom stereocenters. The summed E-state index contributed by atoms with van der Waals surface area (Å²) in [6.07, 6.45) is 0. The zero-order chi connectivity index (χ0) is 17.8. The van der Waals surface area contributed by atoms with E-state index in [-0.39, 0.29) is 11.7 Å². The van der Waals surface area contributed by atoms with Gasteiger partial charge in [-0.2, -0.15) is 5.10 Å². The summed E-state index contributed by atoms with van der Waals surface area (Å²) in [5, 5.41) is 7.06. The van der Waals surface area contributed by atoms with E-state index in [1.807, 2.05) is 19.1 Å². The monoisotopic (exact) mass is 344 g/mol. The molecule has 3 rings (SSSR count). The quantitative estimate of drug-likeness (QED) is 0.859. The molecule has 1 aliphatic rings. The molecule has 0 fully saturated rings. The Morgan fingerprint density at radius 2 is 2.00 bits per heavy atom. The number of aromatic nitrogens is 2. The average molecular weight is 344 g/mol. The number of benzene rings is 1. The van der Waals surface area contributed by atoms with Crippen LogP contribution < -0.4 is 10.1 Å². The molecule has 8 heteroatoms. The zero-order valence-electron chi connectivity index (χ0n) is 14.2. The molecular formula is C17H20N4O4. The zero-order valence-corrected chi connectivity index (χ0v) is 14.2. The SMILES string of the molecule is CCOc1ccc(NC(=O)N2CCn3nc(C(=O)OC)cc3C2)cc1. The van der Waals surface area contributed by atoms with Gasteiger partial charge in [0.25, 0.3) is 0 Å². The van der Waals surface area contributed by atoms with Crippen molar-refractivity contribution in [2.24, 2.45) is 0 Å². The predicted octanol–water partition coefficient (Wildman–Crippen LogP) is 2.12. The number of hydrogen-bond acceptors (Lipinski definition) is 5. The van der Waals surface area contributed by atoms with Crippen LogP contribution in [0.1, 0.15) is 23.1 Å². The highest BCUT2D eigenvalue weighted by Gasteiger charge is 2.24. The van der Waals surface area contributed by atoms with Gasteiger partial charge in [-0.25, -0.2) is 9.59 Å². The number of nitrogens with one attached hydrogen (secondary N) is 1. The van der Waals surface area contributed by atoms with E-state index in [4.69, 9.17) is 4.74 Å². The average Bonchev–Trinajstić information content (AvgIpc) is 3.06. The van der Waals surface area contributed by atoms with E-state index in [1.165, 1.54) is 7.11 Å². The Balaban J connectivity index is 1.64. The van der Waals surface area contributed by atoms with Crippen LogP contribution in [0.15, 0.2) is 30.3 Å². The molecule has 132 valence electrons. The number of ether oxygens (including phenoxy) is 2. The van der Waals surface area contributed by atoms with Gasteiger partial charge in [0, 0.05) is 12.2 Å². The molecule has 0 bridgehead atoms. The maximum absolute atomic E-state index is 12.4. The number of methoxy groups -OCH3 is 1. The Morgan fingerprint density at radius 3 is 2.68 bits per heavy atom. The first kappa shape index (κ1) is 16.8. The number of carbonyl (C=O) groups excluding carboxylic acids is 2. The van der Waals surface area contributed by atoms with Gasteiger partial charge in [0.15, 0.2) is 5.69 Å².